The number of Topliss-reactive ketones (excluding diaryl/α,β-unsaturated/α-hetero) is 1. The Bertz CT molecular complexity index is 1300. The second kappa shape index (κ2) is 8.00. The zero-order valence-electron chi connectivity index (χ0n) is 17.2. The number of halogens is 3. The number of ketones is 1. The van der Waals surface area contributed by atoms with Crippen LogP contribution >= 0.6 is 0 Å². The third-order valence-corrected chi connectivity index (χ3v) is 5.42. The molecule has 1 amide bonds. The number of aryl methyl sites for hydroxylation is 2. The van der Waals surface area contributed by atoms with Gasteiger partial charge in [-0.15, -0.1) is 0 Å². The molecular formula is C25H18F3NO3. The normalized spacial score (nSPS) is 17.8. The van der Waals surface area contributed by atoms with Gasteiger partial charge >= 0.3 is 0 Å². The largest absolute Gasteiger partial charge is 0.507 e. The molecule has 162 valence electrons. The fraction of sp³-hybridized carbons (Fsp3) is 0.120. The highest BCUT2D eigenvalue weighted by Crippen LogP contribution is 2.42. The highest BCUT2D eigenvalue weighted by molar-refractivity contribution is 6.51. The van der Waals surface area contributed by atoms with Crippen LogP contribution in [0.3, 0.4) is 0 Å². The minimum Gasteiger partial charge on any atom is -0.507 e. The Labute approximate surface area is 182 Å². The number of aliphatic hydroxyl groups is 1. The molecule has 0 aliphatic carbocycles. The Morgan fingerprint density at radius 2 is 1.59 bits per heavy atom. The number of nitrogens with zero attached hydrogens (tertiary/aromatic N) is 1. The molecule has 1 aliphatic heterocycles. The van der Waals surface area contributed by atoms with Crippen LogP contribution in [0.25, 0.3) is 5.76 Å². The van der Waals surface area contributed by atoms with Gasteiger partial charge in [0.05, 0.1) is 11.6 Å². The highest BCUT2D eigenvalue weighted by atomic mass is 19.2. The number of hydrogen-bond donors (Lipinski definition) is 1. The summed E-state index contributed by atoms with van der Waals surface area (Å²) in [6.45, 7) is 3.32. The number of anilines is 1. The van der Waals surface area contributed by atoms with Crippen LogP contribution in [0.1, 0.15) is 28.3 Å². The quantitative estimate of drug-likeness (QED) is 0.342. The van der Waals surface area contributed by atoms with Gasteiger partial charge in [0.1, 0.15) is 11.6 Å². The maximum Gasteiger partial charge on any atom is 0.300 e. The summed E-state index contributed by atoms with van der Waals surface area (Å²) < 4.78 is 41.2. The molecule has 1 aliphatic rings. The smallest absolute Gasteiger partial charge is 0.300 e. The number of amides is 1. The van der Waals surface area contributed by atoms with E-state index in [0.717, 1.165) is 28.7 Å². The van der Waals surface area contributed by atoms with Gasteiger partial charge in [-0.25, -0.2) is 13.2 Å². The van der Waals surface area contributed by atoms with Crippen molar-refractivity contribution < 1.29 is 27.9 Å². The van der Waals surface area contributed by atoms with Crippen molar-refractivity contribution in [3.8, 4) is 0 Å². The first-order valence-corrected chi connectivity index (χ1v) is 9.78. The zero-order valence-corrected chi connectivity index (χ0v) is 17.2. The Kier molecular flexibility index (Phi) is 5.34. The van der Waals surface area contributed by atoms with Crippen LogP contribution in [0.15, 0.2) is 66.2 Å². The molecule has 1 heterocycles. The lowest BCUT2D eigenvalue weighted by Crippen LogP contribution is -2.29. The second-order valence-corrected chi connectivity index (χ2v) is 7.65. The van der Waals surface area contributed by atoms with Gasteiger partial charge in [0, 0.05) is 17.3 Å². The van der Waals surface area contributed by atoms with Crippen LogP contribution in [0.5, 0.6) is 0 Å². The Hall–Kier alpha value is -3.87. The summed E-state index contributed by atoms with van der Waals surface area (Å²) in [5.41, 5.74) is 1.47. The molecule has 1 fully saturated rings. The molecule has 1 saturated heterocycles. The van der Waals surface area contributed by atoms with E-state index in [1.165, 1.54) is 25.1 Å². The fourth-order valence-corrected chi connectivity index (χ4v) is 3.84. The van der Waals surface area contributed by atoms with Crippen molar-refractivity contribution in [2.75, 3.05) is 4.90 Å². The molecule has 4 nitrogen and oxygen atoms in total. The van der Waals surface area contributed by atoms with Crippen LogP contribution in [-0.2, 0) is 9.59 Å². The lowest BCUT2D eigenvalue weighted by Gasteiger charge is -2.25. The van der Waals surface area contributed by atoms with Gasteiger partial charge in [-0.3, -0.25) is 14.5 Å². The maximum atomic E-state index is 14.0. The predicted molar refractivity (Wildman–Crippen MR) is 113 cm³/mol. The Morgan fingerprint density at radius 1 is 0.875 bits per heavy atom. The fourth-order valence-electron chi connectivity index (χ4n) is 3.84. The van der Waals surface area contributed by atoms with Crippen molar-refractivity contribution in [3.05, 3.63) is 106 Å². The summed E-state index contributed by atoms with van der Waals surface area (Å²) in [5.74, 6) is -5.23. The number of benzene rings is 3. The third kappa shape index (κ3) is 3.56. The van der Waals surface area contributed by atoms with E-state index in [1.54, 1.807) is 18.2 Å². The summed E-state index contributed by atoms with van der Waals surface area (Å²) in [7, 11) is 0. The molecule has 3 aromatic carbocycles. The first-order chi connectivity index (χ1) is 15.2. The molecule has 1 atom stereocenters. The molecule has 1 N–H and O–H groups in total. The van der Waals surface area contributed by atoms with Gasteiger partial charge in [0.25, 0.3) is 11.7 Å². The van der Waals surface area contributed by atoms with Crippen molar-refractivity contribution >= 4 is 23.1 Å². The van der Waals surface area contributed by atoms with Crippen molar-refractivity contribution in [2.45, 2.75) is 19.9 Å². The lowest BCUT2D eigenvalue weighted by molar-refractivity contribution is -0.132. The molecule has 0 spiro atoms. The van der Waals surface area contributed by atoms with E-state index in [0.29, 0.717) is 5.56 Å². The van der Waals surface area contributed by atoms with Crippen LogP contribution < -0.4 is 4.90 Å². The van der Waals surface area contributed by atoms with Gasteiger partial charge in [-0.05, 0) is 55.3 Å². The molecular weight excluding hydrogens is 419 g/mol. The maximum absolute atomic E-state index is 14.0. The van der Waals surface area contributed by atoms with Crippen LogP contribution in [0.4, 0.5) is 18.9 Å². The Morgan fingerprint density at radius 3 is 2.25 bits per heavy atom. The molecule has 0 bridgehead atoms. The van der Waals surface area contributed by atoms with Crippen molar-refractivity contribution in [2.24, 2.45) is 0 Å². The number of hydrogen-bond acceptors (Lipinski definition) is 3. The van der Waals surface area contributed by atoms with Crippen LogP contribution in [0.2, 0.25) is 0 Å². The third-order valence-electron chi connectivity index (χ3n) is 5.42. The highest BCUT2D eigenvalue weighted by Gasteiger charge is 2.47. The molecule has 4 rings (SSSR count). The molecule has 0 radical (unpaired) electrons. The summed E-state index contributed by atoms with van der Waals surface area (Å²) in [4.78, 5) is 27.0. The molecule has 32 heavy (non-hydrogen) atoms. The van der Waals surface area contributed by atoms with Crippen molar-refractivity contribution in [3.63, 3.8) is 0 Å². The minimum atomic E-state index is -1.18. The van der Waals surface area contributed by atoms with E-state index in [-0.39, 0.29) is 22.4 Å². The van der Waals surface area contributed by atoms with Gasteiger partial charge in [-0.1, -0.05) is 29.8 Å². The van der Waals surface area contributed by atoms with Crippen molar-refractivity contribution in [1.82, 2.24) is 0 Å². The van der Waals surface area contributed by atoms with Gasteiger partial charge in [0.15, 0.2) is 11.6 Å². The molecule has 1 unspecified atom stereocenters. The molecule has 0 saturated carbocycles. The SMILES string of the molecule is Cc1cccc(C2/C(=C(\O)c3ccc(F)c(C)c3)C(=O)C(=O)N2c2ccc(F)c(F)c2)c1. The molecule has 7 heteroatoms. The van der Waals surface area contributed by atoms with E-state index in [4.69, 9.17) is 0 Å². The number of rotatable bonds is 3. The van der Waals surface area contributed by atoms with E-state index >= 15 is 0 Å². The van der Waals surface area contributed by atoms with E-state index in [1.807, 2.05) is 13.0 Å². The van der Waals surface area contributed by atoms with Crippen LogP contribution in [0, 0.1) is 31.3 Å². The summed E-state index contributed by atoms with van der Waals surface area (Å²) in [6.07, 6.45) is 0. The number of carbonyl (C=O) groups excluding carboxylic acids is 2. The topological polar surface area (TPSA) is 57.6 Å². The predicted octanol–water partition coefficient (Wildman–Crippen LogP) is 5.35. The average Bonchev–Trinajstić information content (AvgIpc) is 3.02. The van der Waals surface area contributed by atoms with E-state index < -0.39 is 40.9 Å². The summed E-state index contributed by atoms with van der Waals surface area (Å²) in [5, 5.41) is 11.0. The Balaban J connectivity index is 1.97. The summed E-state index contributed by atoms with van der Waals surface area (Å²) in [6, 6.07) is 12.5. The van der Waals surface area contributed by atoms with E-state index in [9.17, 15) is 27.9 Å². The van der Waals surface area contributed by atoms with Crippen molar-refractivity contribution in [1.29, 1.82) is 0 Å². The van der Waals surface area contributed by atoms with Gasteiger partial charge < -0.3 is 5.11 Å². The van der Waals surface area contributed by atoms with Gasteiger partial charge in [0.2, 0.25) is 0 Å². The van der Waals surface area contributed by atoms with Gasteiger partial charge in [-0.2, -0.15) is 0 Å². The van der Waals surface area contributed by atoms with E-state index in [2.05, 4.69) is 0 Å². The first-order valence-electron chi connectivity index (χ1n) is 9.78. The standard InChI is InChI=1S/C25H18F3NO3/c1-13-4-3-5-15(10-13)22-21(23(30)16-6-8-18(26)14(2)11-16)24(31)25(32)29(22)17-7-9-19(27)20(28)12-17/h3-12,22,30H,1-2H3/b23-21+. The second-order valence-electron chi connectivity index (χ2n) is 7.65. The minimum absolute atomic E-state index is 0.0353. The van der Waals surface area contributed by atoms with Crippen LogP contribution in [-0.4, -0.2) is 16.8 Å². The lowest BCUT2D eigenvalue weighted by atomic mass is 9.94. The first kappa shape index (κ1) is 21.4. The number of carbonyl (C=O) groups is 2. The summed E-state index contributed by atoms with van der Waals surface area (Å²) >= 11 is 0. The molecule has 3 aromatic rings. The zero-order chi connectivity index (χ0) is 23.2. The number of aliphatic hydroxyl groups excluding tert-OH is 1. The monoisotopic (exact) mass is 437 g/mol. The average molecular weight is 437 g/mol. The molecule has 0 aromatic heterocycles.